The van der Waals surface area contributed by atoms with Crippen molar-refractivity contribution in [1.82, 2.24) is 9.97 Å². The van der Waals surface area contributed by atoms with Gasteiger partial charge in [0, 0.05) is 22.1 Å². The Morgan fingerprint density at radius 1 is 1.15 bits per heavy atom. The van der Waals surface area contributed by atoms with Gasteiger partial charge >= 0.3 is 0 Å². The monoisotopic (exact) mass is 441 g/mol. The molecule has 27 heavy (non-hydrogen) atoms. The van der Waals surface area contributed by atoms with Gasteiger partial charge in [0.25, 0.3) is 0 Å². The molecule has 2 heterocycles. The molecule has 2 aromatic carbocycles. The summed E-state index contributed by atoms with van der Waals surface area (Å²) in [6, 6.07) is 13.4. The lowest BCUT2D eigenvalue weighted by Crippen LogP contribution is -2.19. The van der Waals surface area contributed by atoms with E-state index in [2.05, 4.69) is 31.2 Å². The Kier molecular flexibility index (Phi) is 5.13. The predicted molar refractivity (Wildman–Crippen MR) is 110 cm³/mol. The fourth-order valence-electron chi connectivity index (χ4n) is 2.93. The Morgan fingerprint density at radius 3 is 2.78 bits per heavy atom. The summed E-state index contributed by atoms with van der Waals surface area (Å²) >= 11 is 4.81. The van der Waals surface area contributed by atoms with Crippen LogP contribution in [0.25, 0.3) is 11.3 Å². The minimum absolute atomic E-state index is 0.0246. The number of rotatable bonds is 5. The van der Waals surface area contributed by atoms with Crippen molar-refractivity contribution in [2.24, 2.45) is 0 Å². The molecule has 2 N–H and O–H groups in total. The molecule has 136 valence electrons. The quantitative estimate of drug-likeness (QED) is 0.444. The van der Waals surface area contributed by atoms with E-state index in [9.17, 15) is 9.59 Å². The van der Waals surface area contributed by atoms with E-state index in [-0.39, 0.29) is 11.7 Å². The molecular formula is C20H16BrN3O2S. The fraction of sp³-hybridized carbons (Fsp3) is 0.150. The summed E-state index contributed by atoms with van der Waals surface area (Å²) in [4.78, 5) is 31.6. The van der Waals surface area contributed by atoms with E-state index < -0.39 is 0 Å². The number of carbonyl (C=O) groups is 2. The van der Waals surface area contributed by atoms with Crippen molar-refractivity contribution in [3.63, 3.8) is 0 Å². The van der Waals surface area contributed by atoms with Gasteiger partial charge in [-0.1, -0.05) is 39.8 Å². The Morgan fingerprint density at radius 2 is 1.96 bits per heavy atom. The van der Waals surface area contributed by atoms with Crippen molar-refractivity contribution in [2.75, 3.05) is 11.1 Å². The first-order valence-corrected chi connectivity index (χ1v) is 10.3. The number of aromatic amines is 1. The van der Waals surface area contributed by atoms with E-state index in [1.807, 2.05) is 36.4 Å². The van der Waals surface area contributed by atoms with E-state index in [4.69, 9.17) is 0 Å². The van der Waals surface area contributed by atoms with Gasteiger partial charge in [-0.15, -0.1) is 0 Å². The molecule has 0 saturated carbocycles. The molecule has 4 rings (SSSR count). The van der Waals surface area contributed by atoms with Gasteiger partial charge < -0.3 is 10.3 Å². The molecule has 1 aromatic heterocycles. The summed E-state index contributed by atoms with van der Waals surface area (Å²) in [5, 5.41) is 3.55. The first-order chi connectivity index (χ1) is 13.1. The number of carbonyl (C=O) groups excluding carboxylic acids is 2. The van der Waals surface area contributed by atoms with Crippen molar-refractivity contribution in [1.29, 1.82) is 0 Å². The number of nitrogens with zero attached hydrogens (tertiary/aromatic N) is 1. The third kappa shape index (κ3) is 4.14. The Balaban J connectivity index is 1.41. The van der Waals surface area contributed by atoms with Crippen molar-refractivity contribution >= 4 is 45.1 Å². The number of amides is 1. The number of aryl methyl sites for hydroxylation is 1. The molecule has 0 radical (unpaired) electrons. The molecule has 7 heteroatoms. The lowest BCUT2D eigenvalue weighted by atomic mass is 9.99. The van der Waals surface area contributed by atoms with Gasteiger partial charge in [0.1, 0.15) is 0 Å². The van der Waals surface area contributed by atoms with Crippen molar-refractivity contribution in [3.8, 4) is 11.3 Å². The number of anilines is 1. The van der Waals surface area contributed by atoms with Crippen LogP contribution in [0, 0.1) is 0 Å². The number of nitrogens with one attached hydrogen (secondary N) is 2. The zero-order valence-electron chi connectivity index (χ0n) is 14.3. The van der Waals surface area contributed by atoms with Gasteiger partial charge in [-0.3, -0.25) is 9.59 Å². The van der Waals surface area contributed by atoms with Gasteiger partial charge in [0.2, 0.25) is 5.91 Å². The molecule has 1 aliphatic rings. The highest BCUT2D eigenvalue weighted by molar-refractivity contribution is 9.10. The molecule has 0 fully saturated rings. The topological polar surface area (TPSA) is 74.8 Å². The summed E-state index contributed by atoms with van der Waals surface area (Å²) in [5.74, 6) is 0.371. The standard InChI is InChI=1S/C20H16BrN3O2S/c21-15-5-1-12(2-6-15)17-10-22-20(24-17)27-11-18(25)14-3-7-16-13(9-14)4-8-19(26)23-16/h1-3,5-7,9-10H,4,8,11H2,(H,22,24)(H,23,26). The first-order valence-electron chi connectivity index (χ1n) is 8.48. The highest BCUT2D eigenvalue weighted by Crippen LogP contribution is 2.26. The maximum absolute atomic E-state index is 12.5. The first kappa shape index (κ1) is 18.0. The van der Waals surface area contributed by atoms with E-state index in [1.165, 1.54) is 11.8 Å². The molecule has 1 amide bonds. The highest BCUT2D eigenvalue weighted by atomic mass is 79.9. The number of hydrogen-bond donors (Lipinski definition) is 2. The average Bonchev–Trinajstić information content (AvgIpc) is 3.15. The van der Waals surface area contributed by atoms with Crippen LogP contribution >= 0.6 is 27.7 Å². The van der Waals surface area contributed by atoms with Gasteiger partial charge in [0.05, 0.1) is 17.6 Å². The second-order valence-electron chi connectivity index (χ2n) is 6.24. The Bertz CT molecular complexity index is 1010. The third-order valence-electron chi connectivity index (χ3n) is 4.37. The second kappa shape index (κ2) is 7.70. The number of halogens is 1. The number of thioether (sulfide) groups is 1. The minimum Gasteiger partial charge on any atom is -0.333 e. The van der Waals surface area contributed by atoms with Crippen LogP contribution in [0.2, 0.25) is 0 Å². The van der Waals surface area contributed by atoms with Crippen LogP contribution in [0.15, 0.2) is 58.3 Å². The minimum atomic E-state index is 0.0246. The van der Waals surface area contributed by atoms with Gasteiger partial charge in [-0.25, -0.2) is 4.98 Å². The van der Waals surface area contributed by atoms with E-state index >= 15 is 0 Å². The molecule has 0 bridgehead atoms. The van der Waals surface area contributed by atoms with Gasteiger partial charge in [-0.2, -0.15) is 0 Å². The molecule has 1 aliphatic heterocycles. The van der Waals surface area contributed by atoms with E-state index in [1.54, 1.807) is 12.3 Å². The average molecular weight is 442 g/mol. The number of fused-ring (bicyclic) bond motifs is 1. The number of H-pyrrole nitrogens is 1. The molecule has 5 nitrogen and oxygen atoms in total. The number of imidazole rings is 1. The maximum atomic E-state index is 12.5. The van der Waals surface area contributed by atoms with E-state index in [0.29, 0.717) is 29.3 Å². The Hall–Kier alpha value is -2.38. The normalized spacial score (nSPS) is 13.1. The molecule has 0 atom stereocenters. The van der Waals surface area contributed by atoms with E-state index in [0.717, 1.165) is 27.0 Å². The SMILES string of the molecule is O=C1CCc2cc(C(=O)CSc3ncc(-c4ccc(Br)cc4)[nH]3)ccc2N1. The molecule has 0 aliphatic carbocycles. The number of aromatic nitrogens is 2. The summed E-state index contributed by atoms with van der Waals surface area (Å²) in [6.07, 6.45) is 2.91. The lowest BCUT2D eigenvalue weighted by Gasteiger charge is -2.17. The van der Waals surface area contributed by atoms with Crippen LogP contribution in [-0.2, 0) is 11.2 Å². The van der Waals surface area contributed by atoms with Crippen molar-refractivity contribution < 1.29 is 9.59 Å². The smallest absolute Gasteiger partial charge is 0.224 e. The molecule has 0 saturated heterocycles. The summed E-state index contributed by atoms with van der Waals surface area (Å²) < 4.78 is 1.02. The van der Waals surface area contributed by atoms with Crippen LogP contribution in [-0.4, -0.2) is 27.4 Å². The van der Waals surface area contributed by atoms with Crippen molar-refractivity contribution in [2.45, 2.75) is 18.0 Å². The van der Waals surface area contributed by atoms with Crippen LogP contribution in [0.4, 0.5) is 5.69 Å². The second-order valence-corrected chi connectivity index (χ2v) is 8.12. The number of benzene rings is 2. The molecule has 0 unspecified atom stereocenters. The van der Waals surface area contributed by atoms with Crippen molar-refractivity contribution in [3.05, 3.63) is 64.3 Å². The largest absolute Gasteiger partial charge is 0.333 e. The Labute approximate surface area is 169 Å². The summed E-state index contributed by atoms with van der Waals surface area (Å²) in [7, 11) is 0. The number of ketones is 1. The molecular weight excluding hydrogens is 426 g/mol. The van der Waals surface area contributed by atoms with Crippen LogP contribution in [0.1, 0.15) is 22.3 Å². The maximum Gasteiger partial charge on any atom is 0.224 e. The fourth-order valence-corrected chi connectivity index (χ4v) is 3.93. The number of Topliss-reactive ketones (excluding diaryl/α,β-unsaturated/α-hetero) is 1. The summed E-state index contributed by atoms with van der Waals surface area (Å²) in [5.41, 5.74) is 4.45. The van der Waals surface area contributed by atoms with Crippen LogP contribution < -0.4 is 5.32 Å². The van der Waals surface area contributed by atoms with Gasteiger partial charge in [0.15, 0.2) is 10.9 Å². The number of hydrogen-bond acceptors (Lipinski definition) is 4. The van der Waals surface area contributed by atoms with Crippen LogP contribution in [0.3, 0.4) is 0 Å². The van der Waals surface area contributed by atoms with Gasteiger partial charge in [-0.05, 0) is 47.9 Å². The molecule has 0 spiro atoms. The highest BCUT2D eigenvalue weighted by Gasteiger charge is 2.17. The predicted octanol–water partition coefficient (Wildman–Crippen LogP) is 4.70. The third-order valence-corrected chi connectivity index (χ3v) is 5.79. The lowest BCUT2D eigenvalue weighted by molar-refractivity contribution is -0.116. The molecule has 3 aromatic rings. The van der Waals surface area contributed by atoms with Crippen LogP contribution in [0.5, 0.6) is 0 Å². The zero-order chi connectivity index (χ0) is 18.8. The summed E-state index contributed by atoms with van der Waals surface area (Å²) in [6.45, 7) is 0. The zero-order valence-corrected chi connectivity index (χ0v) is 16.7.